The summed E-state index contributed by atoms with van der Waals surface area (Å²) >= 11 is 0. The Balaban J connectivity index is 1.66. The zero-order chi connectivity index (χ0) is 10.1. The van der Waals surface area contributed by atoms with E-state index < -0.39 is 0 Å². The molecule has 2 aliphatic carbocycles. The van der Waals surface area contributed by atoms with Gasteiger partial charge in [0.05, 0.1) is 0 Å². The molecule has 3 aliphatic rings. The highest BCUT2D eigenvalue weighted by Crippen LogP contribution is 2.38. The van der Waals surface area contributed by atoms with Crippen LogP contribution in [-0.2, 0) is 0 Å². The van der Waals surface area contributed by atoms with Crippen molar-refractivity contribution in [3.63, 3.8) is 0 Å². The summed E-state index contributed by atoms with van der Waals surface area (Å²) in [6, 6.07) is 0.910. The van der Waals surface area contributed by atoms with E-state index in [2.05, 4.69) is 11.0 Å². The maximum atomic E-state index is 2.76. The summed E-state index contributed by atoms with van der Waals surface area (Å²) in [5.41, 5.74) is 1.82. The molecule has 1 heterocycles. The zero-order valence-corrected chi connectivity index (χ0v) is 9.75. The lowest BCUT2D eigenvalue weighted by Crippen LogP contribution is -2.37. The fraction of sp³-hybridized carbons (Fsp3) is 0.857. The Hall–Kier alpha value is -0.300. The monoisotopic (exact) mass is 205 g/mol. The third-order valence-corrected chi connectivity index (χ3v) is 4.66. The second-order valence-electron chi connectivity index (χ2n) is 5.59. The van der Waals surface area contributed by atoms with Crippen LogP contribution in [0.4, 0.5) is 0 Å². The maximum Gasteiger partial charge on any atom is 0.0133 e. The summed E-state index contributed by atoms with van der Waals surface area (Å²) < 4.78 is 0. The van der Waals surface area contributed by atoms with Gasteiger partial charge in [0.15, 0.2) is 0 Å². The highest BCUT2D eigenvalue weighted by atomic mass is 15.2. The van der Waals surface area contributed by atoms with Crippen molar-refractivity contribution >= 4 is 0 Å². The molecule has 1 aliphatic heterocycles. The summed E-state index contributed by atoms with van der Waals surface area (Å²) in [6.07, 6.45) is 14.1. The summed E-state index contributed by atoms with van der Waals surface area (Å²) in [5.74, 6) is 0.984. The Morgan fingerprint density at radius 3 is 2.73 bits per heavy atom. The molecule has 0 aromatic carbocycles. The van der Waals surface area contributed by atoms with Crippen molar-refractivity contribution in [1.82, 2.24) is 4.90 Å². The normalized spacial score (nSPS) is 37.5. The largest absolute Gasteiger partial charge is 0.300 e. The van der Waals surface area contributed by atoms with Gasteiger partial charge in [0.1, 0.15) is 0 Å². The van der Waals surface area contributed by atoms with Gasteiger partial charge in [-0.1, -0.05) is 11.6 Å². The number of rotatable bonds is 1. The third kappa shape index (κ3) is 1.99. The SMILES string of the molecule is C1=C2CC(N3CCCC3)CCC2CCC1. The smallest absolute Gasteiger partial charge is 0.0133 e. The Morgan fingerprint density at radius 1 is 1.00 bits per heavy atom. The number of fused-ring (bicyclic) bond motifs is 1. The van der Waals surface area contributed by atoms with Crippen LogP contribution in [-0.4, -0.2) is 24.0 Å². The Bertz CT molecular complexity index is 250. The molecule has 1 heteroatoms. The van der Waals surface area contributed by atoms with Crippen LogP contribution >= 0.6 is 0 Å². The maximum absolute atomic E-state index is 2.76. The van der Waals surface area contributed by atoms with Gasteiger partial charge in [0, 0.05) is 6.04 Å². The third-order valence-electron chi connectivity index (χ3n) is 4.66. The standard InChI is InChI=1S/C14H23N/c1-2-6-13-11-14(8-7-12(13)5-1)15-9-3-4-10-15/h6,12,14H,1-5,7-11H2. The second kappa shape index (κ2) is 4.29. The predicted molar refractivity (Wildman–Crippen MR) is 63.9 cm³/mol. The van der Waals surface area contributed by atoms with Crippen LogP contribution in [0.15, 0.2) is 11.6 Å². The number of hydrogen-bond donors (Lipinski definition) is 0. The van der Waals surface area contributed by atoms with E-state index in [4.69, 9.17) is 0 Å². The van der Waals surface area contributed by atoms with Gasteiger partial charge in [-0.2, -0.15) is 0 Å². The van der Waals surface area contributed by atoms with Crippen molar-refractivity contribution < 1.29 is 0 Å². The van der Waals surface area contributed by atoms with Crippen LogP contribution < -0.4 is 0 Å². The Morgan fingerprint density at radius 2 is 1.87 bits per heavy atom. The lowest BCUT2D eigenvalue weighted by atomic mass is 9.75. The Kier molecular flexibility index (Phi) is 2.83. The lowest BCUT2D eigenvalue weighted by Gasteiger charge is -2.38. The number of nitrogens with zero attached hydrogens (tertiary/aromatic N) is 1. The van der Waals surface area contributed by atoms with E-state index in [1.165, 1.54) is 64.5 Å². The molecular weight excluding hydrogens is 182 g/mol. The zero-order valence-electron chi connectivity index (χ0n) is 9.75. The van der Waals surface area contributed by atoms with Gasteiger partial charge in [-0.3, -0.25) is 0 Å². The molecule has 0 aromatic heterocycles. The fourth-order valence-corrected chi connectivity index (χ4v) is 3.77. The molecule has 2 atom stereocenters. The van der Waals surface area contributed by atoms with Gasteiger partial charge in [-0.15, -0.1) is 0 Å². The average molecular weight is 205 g/mol. The van der Waals surface area contributed by atoms with Crippen molar-refractivity contribution in [3.8, 4) is 0 Å². The number of likely N-dealkylation sites (tertiary alicyclic amines) is 1. The summed E-state index contributed by atoms with van der Waals surface area (Å²) in [6.45, 7) is 2.76. The van der Waals surface area contributed by atoms with Gasteiger partial charge in [-0.25, -0.2) is 0 Å². The molecule has 1 saturated heterocycles. The summed E-state index contributed by atoms with van der Waals surface area (Å²) in [5, 5.41) is 0. The van der Waals surface area contributed by atoms with Crippen molar-refractivity contribution in [2.75, 3.05) is 13.1 Å². The van der Waals surface area contributed by atoms with E-state index in [0.29, 0.717) is 0 Å². The topological polar surface area (TPSA) is 3.24 Å². The molecule has 2 fully saturated rings. The molecule has 3 rings (SSSR count). The molecule has 1 saturated carbocycles. The van der Waals surface area contributed by atoms with Crippen LogP contribution in [0.2, 0.25) is 0 Å². The molecule has 0 aromatic rings. The quantitative estimate of drug-likeness (QED) is 0.593. The first-order chi connectivity index (χ1) is 7.43. The first kappa shape index (κ1) is 9.89. The first-order valence-electron chi connectivity index (χ1n) is 6.86. The summed E-state index contributed by atoms with van der Waals surface area (Å²) in [7, 11) is 0. The number of allylic oxidation sites excluding steroid dienone is 1. The van der Waals surface area contributed by atoms with Crippen LogP contribution in [0.25, 0.3) is 0 Å². The molecule has 0 radical (unpaired) electrons. The van der Waals surface area contributed by atoms with Gasteiger partial charge >= 0.3 is 0 Å². The van der Waals surface area contributed by atoms with E-state index in [-0.39, 0.29) is 0 Å². The predicted octanol–water partition coefficient (Wildman–Crippen LogP) is 3.36. The van der Waals surface area contributed by atoms with E-state index in [1.54, 1.807) is 0 Å². The van der Waals surface area contributed by atoms with E-state index >= 15 is 0 Å². The van der Waals surface area contributed by atoms with Gasteiger partial charge in [0.25, 0.3) is 0 Å². The summed E-state index contributed by atoms with van der Waals surface area (Å²) in [4.78, 5) is 2.76. The Labute approximate surface area is 93.5 Å². The van der Waals surface area contributed by atoms with Crippen LogP contribution in [0.5, 0.6) is 0 Å². The number of hydrogen-bond acceptors (Lipinski definition) is 1. The molecule has 0 amide bonds. The van der Waals surface area contributed by atoms with Gasteiger partial charge < -0.3 is 4.90 Å². The van der Waals surface area contributed by atoms with Crippen molar-refractivity contribution in [3.05, 3.63) is 11.6 Å². The minimum absolute atomic E-state index is 0.910. The van der Waals surface area contributed by atoms with E-state index in [9.17, 15) is 0 Å². The second-order valence-corrected chi connectivity index (χ2v) is 5.59. The highest BCUT2D eigenvalue weighted by molar-refractivity contribution is 5.14. The molecule has 84 valence electrons. The molecule has 2 unspecified atom stereocenters. The van der Waals surface area contributed by atoms with E-state index in [0.717, 1.165) is 12.0 Å². The molecule has 15 heavy (non-hydrogen) atoms. The van der Waals surface area contributed by atoms with Crippen molar-refractivity contribution in [1.29, 1.82) is 0 Å². The minimum Gasteiger partial charge on any atom is -0.300 e. The molecule has 1 nitrogen and oxygen atoms in total. The van der Waals surface area contributed by atoms with Crippen molar-refractivity contribution in [2.24, 2.45) is 5.92 Å². The first-order valence-corrected chi connectivity index (χ1v) is 6.86. The molecule has 0 bridgehead atoms. The fourth-order valence-electron chi connectivity index (χ4n) is 3.77. The minimum atomic E-state index is 0.910. The lowest BCUT2D eigenvalue weighted by molar-refractivity contribution is 0.190. The van der Waals surface area contributed by atoms with Crippen LogP contribution in [0, 0.1) is 5.92 Å². The molecular formula is C14H23N. The van der Waals surface area contributed by atoms with Gasteiger partial charge in [-0.05, 0) is 70.4 Å². The van der Waals surface area contributed by atoms with Crippen LogP contribution in [0.3, 0.4) is 0 Å². The van der Waals surface area contributed by atoms with Gasteiger partial charge in [0.2, 0.25) is 0 Å². The van der Waals surface area contributed by atoms with E-state index in [1.807, 2.05) is 5.57 Å². The molecule has 0 N–H and O–H groups in total. The highest BCUT2D eigenvalue weighted by Gasteiger charge is 2.30. The molecule has 0 spiro atoms. The van der Waals surface area contributed by atoms with Crippen molar-refractivity contribution in [2.45, 2.75) is 57.4 Å². The average Bonchev–Trinajstić information content (AvgIpc) is 2.82. The van der Waals surface area contributed by atoms with Crippen LogP contribution in [0.1, 0.15) is 51.4 Å².